The van der Waals surface area contributed by atoms with Crippen molar-refractivity contribution < 1.29 is 18.3 Å². The third-order valence-corrected chi connectivity index (χ3v) is 4.13. The summed E-state index contributed by atoms with van der Waals surface area (Å²) in [4.78, 5) is 14.3. The quantitative estimate of drug-likeness (QED) is 0.847. The number of furan rings is 1. The van der Waals surface area contributed by atoms with Crippen molar-refractivity contribution in [2.24, 2.45) is 0 Å². The van der Waals surface area contributed by atoms with Gasteiger partial charge in [0.25, 0.3) is 5.91 Å². The molecule has 0 saturated carbocycles. The fourth-order valence-electron chi connectivity index (χ4n) is 2.89. The first-order valence-electron chi connectivity index (χ1n) is 8.15. The van der Waals surface area contributed by atoms with Gasteiger partial charge in [0.05, 0.1) is 12.3 Å². The molecule has 6 heteroatoms. The van der Waals surface area contributed by atoms with Crippen LogP contribution in [0.5, 0.6) is 5.75 Å². The van der Waals surface area contributed by atoms with Gasteiger partial charge < -0.3 is 14.5 Å². The highest BCUT2D eigenvalue weighted by molar-refractivity contribution is 5.77. The van der Waals surface area contributed by atoms with Crippen molar-refractivity contribution in [2.45, 2.75) is 18.9 Å². The summed E-state index contributed by atoms with van der Waals surface area (Å²) < 4.78 is 23.7. The van der Waals surface area contributed by atoms with E-state index >= 15 is 0 Å². The molecule has 3 rings (SSSR count). The Morgan fingerprint density at radius 3 is 2.67 bits per heavy atom. The smallest absolute Gasteiger partial charge is 0.258 e. The van der Waals surface area contributed by atoms with E-state index in [0.29, 0.717) is 12.3 Å². The zero-order valence-electron chi connectivity index (χ0n) is 13.4. The Hall–Kier alpha value is -2.34. The fraction of sp³-hybridized carbons (Fsp3) is 0.389. The Kier molecular flexibility index (Phi) is 5.48. The second-order valence-electron chi connectivity index (χ2n) is 5.82. The first-order chi connectivity index (χ1) is 11.7. The van der Waals surface area contributed by atoms with Crippen molar-refractivity contribution in [3.8, 4) is 5.75 Å². The third kappa shape index (κ3) is 4.35. The summed E-state index contributed by atoms with van der Waals surface area (Å²) in [5.41, 5.74) is 0. The van der Waals surface area contributed by atoms with Crippen molar-refractivity contribution in [3.63, 3.8) is 0 Å². The van der Waals surface area contributed by atoms with Crippen LogP contribution in [0.4, 0.5) is 4.39 Å². The largest absolute Gasteiger partial charge is 0.484 e. The molecule has 1 fully saturated rings. The molecular formula is C18H21FN2O3. The zero-order chi connectivity index (χ0) is 16.8. The minimum Gasteiger partial charge on any atom is -0.484 e. The maximum Gasteiger partial charge on any atom is 0.258 e. The van der Waals surface area contributed by atoms with Crippen molar-refractivity contribution in [1.29, 1.82) is 0 Å². The van der Waals surface area contributed by atoms with Gasteiger partial charge >= 0.3 is 0 Å². The number of carbonyl (C=O) groups is 1. The van der Waals surface area contributed by atoms with Crippen LogP contribution in [0.25, 0.3) is 0 Å². The van der Waals surface area contributed by atoms with Gasteiger partial charge in [0.15, 0.2) is 6.61 Å². The van der Waals surface area contributed by atoms with Crippen LogP contribution in [-0.4, -0.2) is 37.0 Å². The second kappa shape index (κ2) is 7.97. The van der Waals surface area contributed by atoms with E-state index in [2.05, 4.69) is 10.2 Å². The van der Waals surface area contributed by atoms with Gasteiger partial charge in [-0.2, -0.15) is 0 Å². The summed E-state index contributed by atoms with van der Waals surface area (Å²) in [6, 6.07) is 9.43. The van der Waals surface area contributed by atoms with E-state index in [4.69, 9.17) is 9.15 Å². The van der Waals surface area contributed by atoms with E-state index < -0.39 is 0 Å². The first-order valence-corrected chi connectivity index (χ1v) is 8.15. The van der Waals surface area contributed by atoms with Gasteiger partial charge in [-0.05, 0) is 62.3 Å². The van der Waals surface area contributed by atoms with Gasteiger partial charge in [0.1, 0.15) is 17.3 Å². The monoisotopic (exact) mass is 332 g/mol. The van der Waals surface area contributed by atoms with Crippen LogP contribution in [0, 0.1) is 5.82 Å². The highest BCUT2D eigenvalue weighted by atomic mass is 19.1. The number of hydrogen-bond acceptors (Lipinski definition) is 4. The number of rotatable bonds is 7. The van der Waals surface area contributed by atoms with E-state index in [9.17, 15) is 9.18 Å². The molecule has 5 nitrogen and oxygen atoms in total. The maximum atomic E-state index is 12.8. The Balaban J connectivity index is 1.50. The van der Waals surface area contributed by atoms with Gasteiger partial charge in [-0.15, -0.1) is 0 Å². The lowest BCUT2D eigenvalue weighted by molar-refractivity contribution is -0.123. The van der Waals surface area contributed by atoms with Gasteiger partial charge in [-0.1, -0.05) is 0 Å². The second-order valence-corrected chi connectivity index (χ2v) is 5.82. The molecule has 0 bridgehead atoms. The van der Waals surface area contributed by atoms with Gasteiger partial charge in [0, 0.05) is 6.54 Å². The molecule has 1 aliphatic rings. The molecule has 1 saturated heterocycles. The van der Waals surface area contributed by atoms with E-state index in [-0.39, 0.29) is 24.4 Å². The minimum atomic E-state index is -0.335. The highest BCUT2D eigenvalue weighted by Crippen LogP contribution is 2.24. The number of halogens is 1. The van der Waals surface area contributed by atoms with Crippen molar-refractivity contribution in [3.05, 3.63) is 54.2 Å². The summed E-state index contributed by atoms with van der Waals surface area (Å²) in [6.07, 6.45) is 3.98. The molecular weight excluding hydrogens is 311 g/mol. The summed E-state index contributed by atoms with van der Waals surface area (Å²) >= 11 is 0. The molecule has 128 valence electrons. The van der Waals surface area contributed by atoms with Crippen LogP contribution in [0.1, 0.15) is 24.6 Å². The van der Waals surface area contributed by atoms with Crippen LogP contribution in [0.2, 0.25) is 0 Å². The minimum absolute atomic E-state index is 0.0391. The average molecular weight is 332 g/mol. The van der Waals surface area contributed by atoms with Crippen LogP contribution >= 0.6 is 0 Å². The third-order valence-electron chi connectivity index (χ3n) is 4.13. The van der Waals surface area contributed by atoms with Crippen LogP contribution < -0.4 is 10.1 Å². The standard InChI is InChI=1S/C18H21FN2O3/c19-14-5-7-15(8-6-14)24-13-18(22)20-12-16(17-4-3-11-23-17)21-9-1-2-10-21/h3-8,11,16H,1-2,9-10,12-13H2,(H,20,22). The van der Waals surface area contributed by atoms with E-state index in [1.165, 1.54) is 37.1 Å². The summed E-state index contributed by atoms with van der Waals surface area (Å²) in [6.45, 7) is 2.39. The normalized spacial score (nSPS) is 16.0. The summed E-state index contributed by atoms with van der Waals surface area (Å²) in [5, 5.41) is 2.89. The van der Waals surface area contributed by atoms with E-state index in [1.54, 1.807) is 6.26 Å². The Bertz CT molecular complexity index is 637. The lowest BCUT2D eigenvalue weighted by Crippen LogP contribution is -2.38. The molecule has 1 N–H and O–H groups in total. The number of hydrogen-bond donors (Lipinski definition) is 1. The van der Waals surface area contributed by atoms with Gasteiger partial charge in [-0.3, -0.25) is 9.69 Å². The molecule has 0 radical (unpaired) electrons. The molecule has 1 atom stereocenters. The predicted octanol–water partition coefficient (Wildman–Crippen LogP) is 2.75. The van der Waals surface area contributed by atoms with Crippen LogP contribution in [0.15, 0.2) is 47.1 Å². The van der Waals surface area contributed by atoms with Crippen molar-refractivity contribution in [1.82, 2.24) is 10.2 Å². The zero-order valence-corrected chi connectivity index (χ0v) is 13.4. The predicted molar refractivity (Wildman–Crippen MR) is 87.2 cm³/mol. The molecule has 1 aromatic heterocycles. The van der Waals surface area contributed by atoms with Gasteiger partial charge in [0.2, 0.25) is 0 Å². The number of carbonyl (C=O) groups excluding carboxylic acids is 1. The van der Waals surface area contributed by atoms with Crippen LogP contribution in [0.3, 0.4) is 0 Å². The SMILES string of the molecule is O=C(COc1ccc(F)cc1)NCC(c1ccco1)N1CCCC1. The molecule has 24 heavy (non-hydrogen) atoms. The average Bonchev–Trinajstić information content (AvgIpc) is 3.29. The molecule has 2 aromatic rings. The van der Waals surface area contributed by atoms with E-state index in [0.717, 1.165) is 18.8 Å². The Morgan fingerprint density at radius 2 is 2.00 bits per heavy atom. The molecule has 0 spiro atoms. The number of likely N-dealkylation sites (tertiary alicyclic amines) is 1. The topological polar surface area (TPSA) is 54.7 Å². The number of amides is 1. The maximum absolute atomic E-state index is 12.8. The molecule has 1 aromatic carbocycles. The number of nitrogens with one attached hydrogen (secondary N) is 1. The van der Waals surface area contributed by atoms with Crippen LogP contribution in [-0.2, 0) is 4.79 Å². The lowest BCUT2D eigenvalue weighted by atomic mass is 10.2. The fourth-order valence-corrected chi connectivity index (χ4v) is 2.89. The molecule has 1 aliphatic heterocycles. The summed E-state index contributed by atoms with van der Waals surface area (Å²) in [5.74, 6) is 0.777. The van der Waals surface area contributed by atoms with Crippen molar-refractivity contribution in [2.75, 3.05) is 26.2 Å². The number of ether oxygens (including phenoxy) is 1. The number of benzene rings is 1. The Labute approximate surface area is 140 Å². The molecule has 0 aliphatic carbocycles. The van der Waals surface area contributed by atoms with E-state index in [1.807, 2.05) is 12.1 Å². The Morgan fingerprint density at radius 1 is 1.25 bits per heavy atom. The first kappa shape index (κ1) is 16.5. The lowest BCUT2D eigenvalue weighted by Gasteiger charge is -2.26. The van der Waals surface area contributed by atoms with Gasteiger partial charge in [-0.25, -0.2) is 4.39 Å². The molecule has 2 heterocycles. The molecule has 1 amide bonds. The number of nitrogens with zero attached hydrogens (tertiary/aromatic N) is 1. The highest BCUT2D eigenvalue weighted by Gasteiger charge is 2.25. The van der Waals surface area contributed by atoms with Crippen molar-refractivity contribution >= 4 is 5.91 Å². The summed E-state index contributed by atoms with van der Waals surface area (Å²) in [7, 11) is 0. The molecule has 1 unspecified atom stereocenters.